The second-order valence-electron chi connectivity index (χ2n) is 4.68. The lowest BCUT2D eigenvalue weighted by Crippen LogP contribution is -2.29. The average molecular weight is 348 g/mol. The van der Waals surface area contributed by atoms with E-state index < -0.39 is 16.0 Å². The fourth-order valence-corrected chi connectivity index (χ4v) is 4.05. The van der Waals surface area contributed by atoms with Crippen LogP contribution in [0.5, 0.6) is 0 Å². The summed E-state index contributed by atoms with van der Waals surface area (Å²) in [6, 6.07) is 3.93. The Morgan fingerprint density at radius 1 is 1.47 bits per heavy atom. The van der Waals surface area contributed by atoms with Gasteiger partial charge in [0.15, 0.2) is 0 Å². The molecule has 0 aromatic heterocycles. The Morgan fingerprint density at radius 3 is 2.58 bits per heavy atom. The number of benzene rings is 1. The maximum absolute atomic E-state index is 12.3. The summed E-state index contributed by atoms with van der Waals surface area (Å²) in [6.45, 7) is 0.509. The zero-order valence-electron chi connectivity index (χ0n) is 10.3. The molecular formula is C12H14BrNO4S. The Bertz CT molecular complexity index is 610. The third-order valence-corrected chi connectivity index (χ3v) is 5.88. The predicted octanol–water partition coefficient (Wildman–Crippen LogP) is 2.18. The molecule has 0 aliphatic heterocycles. The van der Waals surface area contributed by atoms with Gasteiger partial charge in [-0.25, -0.2) is 17.5 Å². The maximum Gasteiger partial charge on any atom is 0.335 e. The van der Waals surface area contributed by atoms with Gasteiger partial charge in [0, 0.05) is 18.1 Å². The van der Waals surface area contributed by atoms with Gasteiger partial charge in [0.2, 0.25) is 10.0 Å². The van der Waals surface area contributed by atoms with Gasteiger partial charge in [0.1, 0.15) is 0 Å². The SMILES string of the molecule is CN(CC1CC1)S(=O)(=O)c1ccc(C(=O)O)cc1Br. The third kappa shape index (κ3) is 3.16. The summed E-state index contributed by atoms with van der Waals surface area (Å²) in [4.78, 5) is 10.9. The molecule has 1 N–H and O–H groups in total. The van der Waals surface area contributed by atoms with Gasteiger partial charge in [-0.15, -0.1) is 0 Å². The van der Waals surface area contributed by atoms with E-state index in [1.807, 2.05) is 0 Å². The number of hydrogen-bond donors (Lipinski definition) is 1. The average Bonchev–Trinajstić information content (AvgIpc) is 3.12. The molecule has 0 radical (unpaired) electrons. The van der Waals surface area contributed by atoms with Crippen molar-refractivity contribution in [3.63, 3.8) is 0 Å². The van der Waals surface area contributed by atoms with Crippen molar-refractivity contribution in [2.45, 2.75) is 17.7 Å². The van der Waals surface area contributed by atoms with Crippen molar-refractivity contribution in [2.75, 3.05) is 13.6 Å². The van der Waals surface area contributed by atoms with Gasteiger partial charge in [-0.05, 0) is 52.9 Å². The lowest BCUT2D eigenvalue weighted by Gasteiger charge is -2.17. The van der Waals surface area contributed by atoms with Crippen molar-refractivity contribution < 1.29 is 18.3 Å². The Balaban J connectivity index is 2.31. The molecule has 1 aromatic carbocycles. The molecule has 0 spiro atoms. The number of rotatable bonds is 5. The molecule has 0 saturated heterocycles. The zero-order valence-corrected chi connectivity index (χ0v) is 12.7. The van der Waals surface area contributed by atoms with Crippen LogP contribution in [-0.2, 0) is 10.0 Å². The first-order valence-electron chi connectivity index (χ1n) is 5.81. The van der Waals surface area contributed by atoms with E-state index in [1.165, 1.54) is 22.5 Å². The minimum Gasteiger partial charge on any atom is -0.478 e. The molecule has 104 valence electrons. The van der Waals surface area contributed by atoms with Crippen molar-refractivity contribution in [3.05, 3.63) is 28.2 Å². The monoisotopic (exact) mass is 347 g/mol. The van der Waals surface area contributed by atoms with Crippen LogP contribution in [0.4, 0.5) is 0 Å². The van der Waals surface area contributed by atoms with Gasteiger partial charge in [-0.3, -0.25) is 0 Å². The van der Waals surface area contributed by atoms with Gasteiger partial charge >= 0.3 is 5.97 Å². The number of sulfonamides is 1. The summed E-state index contributed by atoms with van der Waals surface area (Å²) in [6.07, 6.45) is 2.14. The third-order valence-electron chi connectivity index (χ3n) is 3.08. The molecule has 5 nitrogen and oxygen atoms in total. The Kier molecular flexibility index (Phi) is 3.98. The number of aromatic carboxylic acids is 1. The number of carboxylic acids is 1. The van der Waals surface area contributed by atoms with Crippen molar-refractivity contribution in [1.82, 2.24) is 4.31 Å². The fraction of sp³-hybridized carbons (Fsp3) is 0.417. The maximum atomic E-state index is 12.3. The topological polar surface area (TPSA) is 74.7 Å². The van der Waals surface area contributed by atoms with E-state index >= 15 is 0 Å². The normalized spacial score (nSPS) is 15.7. The lowest BCUT2D eigenvalue weighted by atomic mass is 10.2. The minimum atomic E-state index is -3.57. The van der Waals surface area contributed by atoms with Gasteiger partial charge in [0.05, 0.1) is 10.5 Å². The van der Waals surface area contributed by atoms with Crippen LogP contribution in [0.1, 0.15) is 23.2 Å². The summed E-state index contributed by atoms with van der Waals surface area (Å²) in [5, 5.41) is 8.86. The molecule has 1 fully saturated rings. The van der Waals surface area contributed by atoms with E-state index in [-0.39, 0.29) is 14.9 Å². The molecule has 1 aromatic rings. The second-order valence-corrected chi connectivity index (χ2v) is 7.55. The smallest absolute Gasteiger partial charge is 0.335 e. The van der Waals surface area contributed by atoms with E-state index in [1.54, 1.807) is 7.05 Å². The van der Waals surface area contributed by atoms with Crippen LogP contribution in [-0.4, -0.2) is 37.4 Å². The lowest BCUT2D eigenvalue weighted by molar-refractivity contribution is 0.0696. The van der Waals surface area contributed by atoms with Crippen molar-refractivity contribution >= 4 is 31.9 Å². The predicted molar refractivity (Wildman–Crippen MR) is 73.6 cm³/mol. The molecule has 0 bridgehead atoms. The summed E-state index contributed by atoms with van der Waals surface area (Å²) in [7, 11) is -2.03. The van der Waals surface area contributed by atoms with Crippen molar-refractivity contribution in [2.24, 2.45) is 5.92 Å². The van der Waals surface area contributed by atoms with E-state index in [0.717, 1.165) is 12.8 Å². The highest BCUT2D eigenvalue weighted by molar-refractivity contribution is 9.10. The molecule has 19 heavy (non-hydrogen) atoms. The van der Waals surface area contributed by atoms with Crippen LogP contribution in [0, 0.1) is 5.92 Å². The Hall–Kier alpha value is -0.920. The number of carbonyl (C=O) groups is 1. The van der Waals surface area contributed by atoms with Gasteiger partial charge < -0.3 is 5.11 Å². The molecule has 0 amide bonds. The van der Waals surface area contributed by atoms with Crippen molar-refractivity contribution in [1.29, 1.82) is 0 Å². The summed E-state index contributed by atoms with van der Waals surface area (Å²) < 4.78 is 26.3. The molecule has 7 heteroatoms. The van der Waals surface area contributed by atoms with Crippen LogP contribution < -0.4 is 0 Å². The number of carboxylic acid groups (broad SMARTS) is 1. The first kappa shape index (κ1) is 14.5. The zero-order chi connectivity index (χ0) is 14.2. The highest BCUT2D eigenvalue weighted by Crippen LogP contribution is 2.32. The number of hydrogen-bond acceptors (Lipinski definition) is 3. The van der Waals surface area contributed by atoms with Crippen molar-refractivity contribution in [3.8, 4) is 0 Å². The minimum absolute atomic E-state index is 0.0515. The molecule has 2 rings (SSSR count). The summed E-state index contributed by atoms with van der Waals surface area (Å²) in [5.41, 5.74) is 0.0515. The molecule has 1 saturated carbocycles. The van der Waals surface area contributed by atoms with Gasteiger partial charge in [0.25, 0.3) is 0 Å². The summed E-state index contributed by atoms with van der Waals surface area (Å²) in [5.74, 6) is -0.632. The van der Waals surface area contributed by atoms with E-state index in [4.69, 9.17) is 5.11 Å². The Labute approximate surface area is 120 Å². The highest BCUT2D eigenvalue weighted by atomic mass is 79.9. The Morgan fingerprint density at radius 2 is 2.11 bits per heavy atom. The molecule has 1 aliphatic rings. The first-order chi connectivity index (χ1) is 8.82. The molecule has 0 atom stereocenters. The standard InChI is InChI=1S/C12H14BrNO4S/c1-14(7-8-2-3-8)19(17,18)11-5-4-9(12(15)16)6-10(11)13/h4-6,8H,2-3,7H2,1H3,(H,15,16). The largest absolute Gasteiger partial charge is 0.478 e. The van der Waals surface area contributed by atoms with Crippen LogP contribution in [0.2, 0.25) is 0 Å². The van der Waals surface area contributed by atoms with Crippen LogP contribution in [0.15, 0.2) is 27.6 Å². The van der Waals surface area contributed by atoms with Crippen LogP contribution in [0.3, 0.4) is 0 Å². The molecule has 0 unspecified atom stereocenters. The van der Waals surface area contributed by atoms with Gasteiger partial charge in [-0.1, -0.05) is 0 Å². The quantitative estimate of drug-likeness (QED) is 0.885. The molecular weight excluding hydrogens is 334 g/mol. The van der Waals surface area contributed by atoms with E-state index in [0.29, 0.717) is 12.5 Å². The second kappa shape index (κ2) is 5.22. The van der Waals surface area contributed by atoms with E-state index in [2.05, 4.69) is 15.9 Å². The van der Waals surface area contributed by atoms with Crippen LogP contribution >= 0.6 is 15.9 Å². The fourth-order valence-electron chi connectivity index (χ4n) is 1.77. The van der Waals surface area contributed by atoms with Crippen LogP contribution in [0.25, 0.3) is 0 Å². The number of nitrogens with zero attached hydrogens (tertiary/aromatic N) is 1. The summed E-state index contributed by atoms with van der Waals surface area (Å²) >= 11 is 3.13. The first-order valence-corrected chi connectivity index (χ1v) is 8.05. The van der Waals surface area contributed by atoms with E-state index in [9.17, 15) is 13.2 Å². The highest BCUT2D eigenvalue weighted by Gasteiger charge is 2.30. The molecule has 1 aliphatic carbocycles. The van der Waals surface area contributed by atoms with Gasteiger partial charge in [-0.2, -0.15) is 0 Å². The number of halogens is 1. The molecule has 0 heterocycles.